The van der Waals surface area contributed by atoms with E-state index in [9.17, 15) is 0 Å². The van der Waals surface area contributed by atoms with E-state index >= 15 is 0 Å². The molecule has 1 N–H and O–H groups in total. The van der Waals surface area contributed by atoms with Crippen LogP contribution in [0.5, 0.6) is 0 Å². The van der Waals surface area contributed by atoms with Gasteiger partial charge in [-0.15, -0.1) is 5.10 Å². The van der Waals surface area contributed by atoms with Crippen molar-refractivity contribution in [3.63, 3.8) is 0 Å². The Balaban J connectivity index is 1.77. The number of hydrogen-bond acceptors (Lipinski definition) is 5. The summed E-state index contributed by atoms with van der Waals surface area (Å²) < 4.78 is 1.70. The van der Waals surface area contributed by atoms with Crippen molar-refractivity contribution in [2.75, 3.05) is 5.32 Å². The number of hydrogen-bond donors (Lipinski definition) is 1. The van der Waals surface area contributed by atoms with E-state index in [0.29, 0.717) is 11.7 Å². The van der Waals surface area contributed by atoms with E-state index in [0.717, 1.165) is 11.7 Å². The van der Waals surface area contributed by atoms with Gasteiger partial charge in [0, 0.05) is 6.04 Å². The minimum atomic E-state index is 0.432. The molecule has 1 aliphatic rings. The van der Waals surface area contributed by atoms with Gasteiger partial charge in [0.2, 0.25) is 0 Å². The standard InChI is InChI=1S/C12H18N6/c1-9(10-5-3-2-4-6-10)14-11-7-13-8-12-15-16-17-18(11)12/h7-10,14H,2-6H2,1H3. The highest BCUT2D eigenvalue weighted by molar-refractivity contribution is 5.44. The molecule has 2 aromatic rings. The lowest BCUT2D eigenvalue weighted by atomic mass is 9.84. The molecule has 0 aliphatic heterocycles. The summed E-state index contributed by atoms with van der Waals surface area (Å²) in [5.41, 5.74) is 0.677. The van der Waals surface area contributed by atoms with Crippen molar-refractivity contribution >= 4 is 11.5 Å². The highest BCUT2D eigenvalue weighted by Crippen LogP contribution is 2.27. The smallest absolute Gasteiger partial charge is 0.199 e. The highest BCUT2D eigenvalue weighted by atomic mass is 15.5. The Morgan fingerprint density at radius 1 is 1.28 bits per heavy atom. The van der Waals surface area contributed by atoms with Crippen LogP contribution in [-0.2, 0) is 0 Å². The first-order valence-corrected chi connectivity index (χ1v) is 6.63. The van der Waals surface area contributed by atoms with Gasteiger partial charge < -0.3 is 5.32 Å². The van der Waals surface area contributed by atoms with Crippen molar-refractivity contribution in [2.24, 2.45) is 5.92 Å². The van der Waals surface area contributed by atoms with Crippen LogP contribution in [0.3, 0.4) is 0 Å². The number of nitrogens with one attached hydrogen (secondary N) is 1. The fourth-order valence-electron chi connectivity index (χ4n) is 2.76. The molecule has 0 aromatic carbocycles. The molecule has 96 valence electrons. The summed E-state index contributed by atoms with van der Waals surface area (Å²) in [4.78, 5) is 4.16. The quantitative estimate of drug-likeness (QED) is 0.895. The van der Waals surface area contributed by atoms with Crippen molar-refractivity contribution in [1.82, 2.24) is 25.0 Å². The highest BCUT2D eigenvalue weighted by Gasteiger charge is 2.20. The first-order valence-electron chi connectivity index (χ1n) is 6.63. The summed E-state index contributed by atoms with van der Waals surface area (Å²) in [5.74, 6) is 1.61. The fraction of sp³-hybridized carbons (Fsp3) is 0.667. The largest absolute Gasteiger partial charge is 0.366 e. The molecule has 3 rings (SSSR count). The van der Waals surface area contributed by atoms with Crippen LogP contribution in [-0.4, -0.2) is 31.1 Å². The molecule has 0 radical (unpaired) electrons. The summed E-state index contributed by atoms with van der Waals surface area (Å²) in [6.45, 7) is 2.24. The number of anilines is 1. The van der Waals surface area contributed by atoms with E-state index < -0.39 is 0 Å². The van der Waals surface area contributed by atoms with Gasteiger partial charge in [0.1, 0.15) is 0 Å². The van der Waals surface area contributed by atoms with E-state index in [4.69, 9.17) is 0 Å². The molecule has 0 amide bonds. The number of fused-ring (bicyclic) bond motifs is 1. The van der Waals surface area contributed by atoms with Gasteiger partial charge in [-0.3, -0.25) is 4.98 Å². The Hall–Kier alpha value is -1.72. The molecule has 1 saturated carbocycles. The van der Waals surface area contributed by atoms with Crippen LogP contribution in [0, 0.1) is 5.92 Å². The molecular weight excluding hydrogens is 228 g/mol. The van der Waals surface area contributed by atoms with Crippen LogP contribution < -0.4 is 5.32 Å². The van der Waals surface area contributed by atoms with Crippen LogP contribution in [0.25, 0.3) is 5.65 Å². The molecule has 0 bridgehead atoms. The van der Waals surface area contributed by atoms with Crippen molar-refractivity contribution in [3.8, 4) is 0 Å². The normalized spacial score (nSPS) is 18.9. The number of nitrogens with zero attached hydrogens (tertiary/aromatic N) is 5. The third-order valence-corrected chi connectivity index (χ3v) is 3.84. The van der Waals surface area contributed by atoms with E-state index in [2.05, 4.69) is 32.7 Å². The van der Waals surface area contributed by atoms with E-state index in [-0.39, 0.29) is 0 Å². The first kappa shape index (κ1) is 11.4. The minimum absolute atomic E-state index is 0.432. The lowest BCUT2D eigenvalue weighted by Gasteiger charge is -2.28. The topological polar surface area (TPSA) is 68.0 Å². The van der Waals surface area contributed by atoms with Gasteiger partial charge in [-0.2, -0.15) is 4.52 Å². The predicted molar refractivity (Wildman–Crippen MR) is 68.2 cm³/mol. The third kappa shape index (κ3) is 2.14. The lowest BCUT2D eigenvalue weighted by Crippen LogP contribution is -2.28. The van der Waals surface area contributed by atoms with Crippen LogP contribution in [0.1, 0.15) is 39.0 Å². The predicted octanol–water partition coefficient (Wildman–Crippen LogP) is 1.90. The van der Waals surface area contributed by atoms with Gasteiger partial charge in [0.25, 0.3) is 0 Å². The van der Waals surface area contributed by atoms with E-state index in [1.54, 1.807) is 16.9 Å². The zero-order valence-corrected chi connectivity index (χ0v) is 10.6. The molecule has 0 spiro atoms. The van der Waals surface area contributed by atoms with Crippen LogP contribution in [0.4, 0.5) is 5.82 Å². The van der Waals surface area contributed by atoms with Gasteiger partial charge >= 0.3 is 0 Å². The van der Waals surface area contributed by atoms with Gasteiger partial charge in [0.15, 0.2) is 11.5 Å². The third-order valence-electron chi connectivity index (χ3n) is 3.84. The minimum Gasteiger partial charge on any atom is -0.366 e. The molecule has 6 heteroatoms. The molecule has 2 aromatic heterocycles. The number of rotatable bonds is 3. The zero-order chi connectivity index (χ0) is 12.4. The van der Waals surface area contributed by atoms with E-state index in [1.165, 1.54) is 32.1 Å². The Bertz CT molecular complexity index is 516. The maximum Gasteiger partial charge on any atom is 0.199 e. The lowest BCUT2D eigenvalue weighted by molar-refractivity contribution is 0.327. The molecule has 2 heterocycles. The van der Waals surface area contributed by atoms with E-state index in [1.807, 2.05) is 0 Å². The molecule has 1 unspecified atom stereocenters. The maximum atomic E-state index is 4.16. The fourth-order valence-corrected chi connectivity index (χ4v) is 2.76. The summed E-state index contributed by atoms with van der Waals surface area (Å²) >= 11 is 0. The zero-order valence-electron chi connectivity index (χ0n) is 10.6. The molecule has 0 saturated heterocycles. The van der Waals surface area contributed by atoms with Crippen molar-refractivity contribution in [3.05, 3.63) is 12.4 Å². The van der Waals surface area contributed by atoms with Gasteiger partial charge in [0.05, 0.1) is 12.4 Å². The van der Waals surface area contributed by atoms with Gasteiger partial charge in [-0.25, -0.2) is 0 Å². The number of aromatic nitrogens is 5. The molecule has 18 heavy (non-hydrogen) atoms. The average molecular weight is 246 g/mol. The summed E-state index contributed by atoms with van der Waals surface area (Å²) in [6.07, 6.45) is 10.2. The second-order valence-electron chi connectivity index (χ2n) is 5.07. The molecule has 1 fully saturated rings. The second kappa shape index (κ2) is 4.88. The van der Waals surface area contributed by atoms with Crippen molar-refractivity contribution in [2.45, 2.75) is 45.1 Å². The Morgan fingerprint density at radius 2 is 2.11 bits per heavy atom. The van der Waals surface area contributed by atoms with Crippen molar-refractivity contribution in [1.29, 1.82) is 0 Å². The maximum absolute atomic E-state index is 4.16. The monoisotopic (exact) mass is 246 g/mol. The summed E-state index contributed by atoms with van der Waals surface area (Å²) in [7, 11) is 0. The SMILES string of the molecule is CC(Nc1cncc2nnnn12)C1CCCCC1. The molecule has 1 aliphatic carbocycles. The van der Waals surface area contributed by atoms with Crippen LogP contribution in [0.15, 0.2) is 12.4 Å². The Kier molecular flexibility index (Phi) is 3.08. The van der Waals surface area contributed by atoms with Gasteiger partial charge in [-0.1, -0.05) is 19.3 Å². The summed E-state index contributed by atoms with van der Waals surface area (Å²) in [6, 6.07) is 0.432. The molecule has 1 atom stereocenters. The summed E-state index contributed by atoms with van der Waals surface area (Å²) in [5, 5.41) is 15.0. The van der Waals surface area contributed by atoms with Crippen LogP contribution >= 0.6 is 0 Å². The average Bonchev–Trinajstić information content (AvgIpc) is 2.89. The Morgan fingerprint density at radius 3 is 2.94 bits per heavy atom. The molecule has 6 nitrogen and oxygen atoms in total. The van der Waals surface area contributed by atoms with Crippen LogP contribution in [0.2, 0.25) is 0 Å². The Labute approximate surface area is 106 Å². The van der Waals surface area contributed by atoms with Crippen molar-refractivity contribution < 1.29 is 0 Å². The first-order chi connectivity index (χ1) is 8.84. The molecular formula is C12H18N6. The number of tetrazole rings is 1. The second-order valence-corrected chi connectivity index (χ2v) is 5.07. The van der Waals surface area contributed by atoms with Gasteiger partial charge in [-0.05, 0) is 36.1 Å².